The van der Waals surface area contributed by atoms with E-state index in [4.69, 9.17) is 9.84 Å². The summed E-state index contributed by atoms with van der Waals surface area (Å²) in [6.07, 6.45) is 1.50. The average Bonchev–Trinajstić information content (AvgIpc) is 2.55. The van der Waals surface area contributed by atoms with Gasteiger partial charge in [0.25, 0.3) is 5.91 Å². The van der Waals surface area contributed by atoms with Gasteiger partial charge in [0.15, 0.2) is 0 Å². The number of aromatic hydroxyl groups is 1. The number of nitrogens with one attached hydrogen (secondary N) is 2. The Morgan fingerprint density at radius 2 is 1.95 bits per heavy atom. The van der Waals surface area contributed by atoms with Gasteiger partial charge in [-0.25, -0.2) is 5.43 Å². The molecule has 0 bridgehead atoms. The molecule has 2 rings (SSSR count). The summed E-state index contributed by atoms with van der Waals surface area (Å²) in [7, 11) is 1.57. The molecule has 2 aromatic carbocycles. The summed E-state index contributed by atoms with van der Waals surface area (Å²) < 4.78 is 5.18. The number of carbonyl (C=O) groups excluding carboxylic acids is 1. The van der Waals surface area contributed by atoms with Crippen LogP contribution in [0, 0.1) is 0 Å². The predicted octanol–water partition coefficient (Wildman–Crippen LogP) is 1.96. The molecule has 0 atom stereocenters. The quantitative estimate of drug-likeness (QED) is 0.562. The van der Waals surface area contributed by atoms with Crippen molar-refractivity contribution < 1.29 is 14.6 Å². The van der Waals surface area contributed by atoms with Gasteiger partial charge in [-0.05, 0) is 42.0 Å². The molecule has 0 heterocycles. The molecule has 0 saturated carbocycles. The normalized spacial score (nSPS) is 10.4. The number of benzene rings is 2. The van der Waals surface area contributed by atoms with Crippen LogP contribution in [0.25, 0.3) is 0 Å². The van der Waals surface area contributed by atoms with E-state index in [1.54, 1.807) is 31.4 Å². The molecule has 0 aliphatic rings. The van der Waals surface area contributed by atoms with Crippen LogP contribution in [0.15, 0.2) is 53.6 Å². The van der Waals surface area contributed by atoms with Crippen LogP contribution in [-0.4, -0.2) is 30.9 Å². The topological polar surface area (TPSA) is 83.0 Å². The smallest absolute Gasteiger partial charge is 0.259 e. The maximum Gasteiger partial charge on any atom is 0.259 e. The Morgan fingerprint density at radius 3 is 2.68 bits per heavy atom. The Morgan fingerprint density at radius 1 is 1.23 bits per heavy atom. The van der Waals surface area contributed by atoms with E-state index in [2.05, 4.69) is 15.8 Å². The Balaban J connectivity index is 1.82. The highest BCUT2D eigenvalue weighted by Gasteiger charge is 2.03. The molecule has 3 N–H and O–H groups in total. The number of para-hydroxylation sites is 2. The SMILES string of the molecule is COc1ccccc1NCC(=O)NN=Cc1ccc(O)cc1. The number of phenolic OH excluding ortho intramolecular Hbond substituents is 1. The second kappa shape index (κ2) is 7.68. The molecule has 0 aliphatic heterocycles. The number of nitrogens with zero attached hydrogens (tertiary/aromatic N) is 1. The maximum absolute atomic E-state index is 11.7. The zero-order valence-electron chi connectivity index (χ0n) is 12.1. The first-order valence-corrected chi connectivity index (χ1v) is 6.67. The van der Waals surface area contributed by atoms with Gasteiger partial charge in [-0.3, -0.25) is 4.79 Å². The molecule has 0 fully saturated rings. The fourth-order valence-electron chi connectivity index (χ4n) is 1.74. The predicted molar refractivity (Wildman–Crippen MR) is 85.3 cm³/mol. The van der Waals surface area contributed by atoms with Crippen LogP contribution in [0.4, 0.5) is 5.69 Å². The van der Waals surface area contributed by atoms with Crippen LogP contribution in [-0.2, 0) is 4.79 Å². The summed E-state index contributed by atoms with van der Waals surface area (Å²) in [4.78, 5) is 11.7. The van der Waals surface area contributed by atoms with Crippen LogP contribution in [0.1, 0.15) is 5.56 Å². The van der Waals surface area contributed by atoms with Crippen molar-refractivity contribution in [2.24, 2.45) is 5.10 Å². The summed E-state index contributed by atoms with van der Waals surface area (Å²) in [5.41, 5.74) is 3.93. The highest BCUT2D eigenvalue weighted by Crippen LogP contribution is 2.22. The minimum absolute atomic E-state index is 0.0767. The number of hydrogen-bond acceptors (Lipinski definition) is 5. The Kier molecular flexibility index (Phi) is 5.37. The van der Waals surface area contributed by atoms with E-state index < -0.39 is 0 Å². The van der Waals surface area contributed by atoms with E-state index in [9.17, 15) is 4.79 Å². The molecule has 0 aliphatic carbocycles. The number of phenols is 1. The zero-order valence-corrected chi connectivity index (χ0v) is 12.1. The summed E-state index contributed by atoms with van der Waals surface area (Å²) >= 11 is 0. The van der Waals surface area contributed by atoms with Crippen molar-refractivity contribution in [3.05, 3.63) is 54.1 Å². The van der Waals surface area contributed by atoms with E-state index in [1.165, 1.54) is 6.21 Å². The molecular formula is C16H17N3O3. The zero-order chi connectivity index (χ0) is 15.8. The third-order valence-electron chi connectivity index (χ3n) is 2.84. The van der Waals surface area contributed by atoms with Crippen molar-refractivity contribution in [2.45, 2.75) is 0 Å². The van der Waals surface area contributed by atoms with Crippen LogP contribution in [0.5, 0.6) is 11.5 Å². The largest absolute Gasteiger partial charge is 0.508 e. The average molecular weight is 299 g/mol. The van der Waals surface area contributed by atoms with Crippen molar-refractivity contribution in [1.29, 1.82) is 0 Å². The number of anilines is 1. The standard InChI is InChI=1S/C16H17N3O3/c1-22-15-5-3-2-4-14(15)17-11-16(21)19-18-10-12-6-8-13(20)9-7-12/h2-10,17,20H,11H2,1H3,(H,19,21). The summed E-state index contributed by atoms with van der Waals surface area (Å²) in [5, 5.41) is 16.0. The lowest BCUT2D eigenvalue weighted by Gasteiger charge is -2.09. The van der Waals surface area contributed by atoms with Gasteiger partial charge in [0.05, 0.1) is 25.6 Å². The second-order valence-electron chi connectivity index (χ2n) is 4.44. The number of carbonyl (C=O) groups is 1. The van der Waals surface area contributed by atoms with Gasteiger partial charge in [0.1, 0.15) is 11.5 Å². The highest BCUT2D eigenvalue weighted by molar-refractivity contribution is 5.84. The molecule has 22 heavy (non-hydrogen) atoms. The number of hydrogen-bond donors (Lipinski definition) is 3. The molecule has 0 unspecified atom stereocenters. The monoisotopic (exact) mass is 299 g/mol. The van der Waals surface area contributed by atoms with Gasteiger partial charge in [0, 0.05) is 0 Å². The molecule has 6 nitrogen and oxygen atoms in total. The first-order valence-electron chi connectivity index (χ1n) is 6.67. The number of hydrazone groups is 1. The van der Waals surface area contributed by atoms with E-state index >= 15 is 0 Å². The van der Waals surface area contributed by atoms with Crippen molar-refractivity contribution >= 4 is 17.8 Å². The summed E-state index contributed by atoms with van der Waals surface area (Å²) in [5.74, 6) is 0.575. The molecule has 0 spiro atoms. The van der Waals surface area contributed by atoms with Crippen molar-refractivity contribution in [3.63, 3.8) is 0 Å². The van der Waals surface area contributed by atoms with Gasteiger partial charge in [-0.15, -0.1) is 0 Å². The molecule has 1 amide bonds. The van der Waals surface area contributed by atoms with Crippen LogP contribution >= 0.6 is 0 Å². The van der Waals surface area contributed by atoms with Crippen molar-refractivity contribution in [1.82, 2.24) is 5.43 Å². The first-order chi connectivity index (χ1) is 10.7. The highest BCUT2D eigenvalue weighted by atomic mass is 16.5. The third-order valence-corrected chi connectivity index (χ3v) is 2.84. The third kappa shape index (κ3) is 4.52. The molecule has 114 valence electrons. The van der Waals surface area contributed by atoms with Crippen molar-refractivity contribution in [2.75, 3.05) is 19.0 Å². The van der Waals surface area contributed by atoms with Crippen LogP contribution < -0.4 is 15.5 Å². The number of methoxy groups -OCH3 is 1. The van der Waals surface area contributed by atoms with E-state index in [0.717, 1.165) is 11.3 Å². The van der Waals surface area contributed by atoms with E-state index in [-0.39, 0.29) is 18.2 Å². The summed E-state index contributed by atoms with van der Waals surface area (Å²) in [6, 6.07) is 13.8. The molecule has 0 saturated heterocycles. The van der Waals surface area contributed by atoms with Gasteiger partial charge in [0.2, 0.25) is 0 Å². The fourth-order valence-corrected chi connectivity index (χ4v) is 1.74. The number of rotatable bonds is 6. The summed E-state index contributed by atoms with van der Waals surface area (Å²) in [6.45, 7) is 0.0767. The van der Waals surface area contributed by atoms with Gasteiger partial charge < -0.3 is 15.2 Å². The Hall–Kier alpha value is -3.02. The number of ether oxygens (including phenoxy) is 1. The lowest BCUT2D eigenvalue weighted by Crippen LogP contribution is -2.26. The molecule has 0 radical (unpaired) electrons. The molecule has 2 aromatic rings. The van der Waals surface area contributed by atoms with E-state index in [1.807, 2.05) is 24.3 Å². The van der Waals surface area contributed by atoms with Crippen LogP contribution in [0.2, 0.25) is 0 Å². The maximum atomic E-state index is 11.7. The Labute approximate surface area is 128 Å². The van der Waals surface area contributed by atoms with Gasteiger partial charge >= 0.3 is 0 Å². The lowest BCUT2D eigenvalue weighted by atomic mass is 10.2. The van der Waals surface area contributed by atoms with Crippen LogP contribution in [0.3, 0.4) is 0 Å². The minimum atomic E-state index is -0.277. The minimum Gasteiger partial charge on any atom is -0.508 e. The number of amides is 1. The first kappa shape index (κ1) is 15.4. The fraction of sp³-hybridized carbons (Fsp3) is 0.125. The lowest BCUT2D eigenvalue weighted by molar-refractivity contribution is -0.119. The molecular weight excluding hydrogens is 282 g/mol. The molecule has 6 heteroatoms. The second-order valence-corrected chi connectivity index (χ2v) is 4.44. The Bertz CT molecular complexity index is 654. The van der Waals surface area contributed by atoms with E-state index in [0.29, 0.717) is 5.75 Å². The van der Waals surface area contributed by atoms with Crippen molar-refractivity contribution in [3.8, 4) is 11.5 Å². The van der Waals surface area contributed by atoms with Gasteiger partial charge in [-0.1, -0.05) is 12.1 Å². The van der Waals surface area contributed by atoms with Gasteiger partial charge in [-0.2, -0.15) is 5.10 Å². The molecule has 0 aromatic heterocycles.